The normalized spacial score (nSPS) is 11.9. The summed E-state index contributed by atoms with van der Waals surface area (Å²) in [7, 11) is 0. The molecule has 6 heteroatoms. The number of rotatable bonds is 9. The summed E-state index contributed by atoms with van der Waals surface area (Å²) in [5, 5.41) is 12.5. The molecule has 146 valence electrons. The van der Waals surface area contributed by atoms with Crippen LogP contribution in [-0.4, -0.2) is 32.5 Å². The minimum atomic E-state index is 0.0254. The Bertz CT molecular complexity index is 880. The van der Waals surface area contributed by atoms with Crippen molar-refractivity contribution in [3.05, 3.63) is 66.2 Å². The Morgan fingerprint density at radius 3 is 2.43 bits per heavy atom. The van der Waals surface area contributed by atoms with Gasteiger partial charge in [-0.2, -0.15) is 0 Å². The van der Waals surface area contributed by atoms with E-state index < -0.39 is 0 Å². The highest BCUT2D eigenvalue weighted by Crippen LogP contribution is 2.23. The van der Waals surface area contributed by atoms with Crippen molar-refractivity contribution in [3.63, 3.8) is 0 Å². The van der Waals surface area contributed by atoms with Gasteiger partial charge in [-0.15, -0.1) is 10.2 Å². The van der Waals surface area contributed by atoms with Crippen molar-refractivity contribution >= 4 is 17.7 Å². The molecule has 1 amide bonds. The van der Waals surface area contributed by atoms with Gasteiger partial charge >= 0.3 is 0 Å². The van der Waals surface area contributed by atoms with E-state index in [4.69, 9.17) is 0 Å². The van der Waals surface area contributed by atoms with Crippen molar-refractivity contribution in [3.8, 4) is 11.4 Å². The van der Waals surface area contributed by atoms with Crippen LogP contribution in [0.2, 0.25) is 0 Å². The topological polar surface area (TPSA) is 59.8 Å². The maximum Gasteiger partial charge on any atom is 0.230 e. The molecule has 2 aromatic carbocycles. The van der Waals surface area contributed by atoms with Gasteiger partial charge in [0.1, 0.15) is 0 Å². The van der Waals surface area contributed by atoms with Gasteiger partial charge < -0.3 is 9.88 Å². The van der Waals surface area contributed by atoms with Crippen LogP contribution >= 0.6 is 11.8 Å². The molecule has 1 N–H and O–H groups in total. The van der Waals surface area contributed by atoms with Gasteiger partial charge in [0.25, 0.3) is 0 Å². The van der Waals surface area contributed by atoms with Crippen molar-refractivity contribution in [1.82, 2.24) is 20.1 Å². The summed E-state index contributed by atoms with van der Waals surface area (Å²) in [6.45, 7) is 4.87. The number of benzene rings is 2. The molecule has 0 fully saturated rings. The molecule has 1 aromatic heterocycles. The number of nitrogens with zero attached hydrogens (tertiary/aromatic N) is 3. The standard InChI is InChI=1S/C22H26N4OS/c1-3-26-21(19-12-8-5-9-13-19)24-25-22(26)28-16-20(27)23-17(2)14-15-18-10-6-4-7-11-18/h4-13,17H,3,14-16H2,1-2H3,(H,23,27). The second-order valence-corrected chi connectivity index (χ2v) is 7.64. The highest BCUT2D eigenvalue weighted by Gasteiger charge is 2.15. The smallest absolute Gasteiger partial charge is 0.230 e. The van der Waals surface area contributed by atoms with E-state index in [0.29, 0.717) is 5.75 Å². The van der Waals surface area contributed by atoms with Crippen LogP contribution in [0.15, 0.2) is 65.8 Å². The van der Waals surface area contributed by atoms with E-state index in [0.717, 1.165) is 35.9 Å². The van der Waals surface area contributed by atoms with Gasteiger partial charge in [-0.05, 0) is 32.3 Å². The maximum atomic E-state index is 12.3. The van der Waals surface area contributed by atoms with Crippen molar-refractivity contribution in [2.24, 2.45) is 0 Å². The first-order chi connectivity index (χ1) is 13.7. The van der Waals surface area contributed by atoms with Crippen LogP contribution < -0.4 is 5.32 Å². The van der Waals surface area contributed by atoms with Gasteiger partial charge in [0, 0.05) is 18.2 Å². The SMILES string of the molecule is CCn1c(SCC(=O)NC(C)CCc2ccccc2)nnc1-c1ccccc1. The summed E-state index contributed by atoms with van der Waals surface area (Å²) in [4.78, 5) is 12.3. The summed E-state index contributed by atoms with van der Waals surface area (Å²) in [5.74, 6) is 1.20. The second-order valence-electron chi connectivity index (χ2n) is 6.70. The molecule has 0 saturated heterocycles. The van der Waals surface area contributed by atoms with Crippen LogP contribution in [0.5, 0.6) is 0 Å². The van der Waals surface area contributed by atoms with Gasteiger partial charge in [-0.25, -0.2) is 0 Å². The molecule has 1 atom stereocenters. The number of aryl methyl sites for hydroxylation is 1. The predicted octanol–water partition coefficient (Wildman–Crippen LogP) is 4.19. The van der Waals surface area contributed by atoms with E-state index in [1.807, 2.05) is 60.0 Å². The lowest BCUT2D eigenvalue weighted by Crippen LogP contribution is -2.34. The lowest BCUT2D eigenvalue weighted by molar-refractivity contribution is -0.119. The average molecular weight is 395 g/mol. The molecule has 1 heterocycles. The number of thioether (sulfide) groups is 1. The zero-order chi connectivity index (χ0) is 19.8. The lowest BCUT2D eigenvalue weighted by Gasteiger charge is -2.14. The van der Waals surface area contributed by atoms with Crippen LogP contribution in [-0.2, 0) is 17.8 Å². The van der Waals surface area contributed by atoms with E-state index in [1.54, 1.807) is 0 Å². The van der Waals surface area contributed by atoms with E-state index in [1.165, 1.54) is 17.3 Å². The molecule has 3 aromatic rings. The summed E-state index contributed by atoms with van der Waals surface area (Å²) in [6.07, 6.45) is 1.88. The Kier molecular flexibility index (Phi) is 7.25. The van der Waals surface area contributed by atoms with Gasteiger partial charge in [0.15, 0.2) is 11.0 Å². The number of hydrogen-bond acceptors (Lipinski definition) is 4. The quantitative estimate of drug-likeness (QED) is 0.553. The number of carbonyl (C=O) groups excluding carboxylic acids is 1. The van der Waals surface area contributed by atoms with Crippen LogP contribution in [0.25, 0.3) is 11.4 Å². The minimum absolute atomic E-state index is 0.0254. The molecule has 0 saturated carbocycles. The molecule has 0 spiro atoms. The molecule has 3 rings (SSSR count). The fraction of sp³-hybridized carbons (Fsp3) is 0.318. The largest absolute Gasteiger partial charge is 0.353 e. The molecule has 0 radical (unpaired) electrons. The number of hydrogen-bond donors (Lipinski definition) is 1. The van der Waals surface area contributed by atoms with Gasteiger partial charge in [-0.3, -0.25) is 4.79 Å². The highest BCUT2D eigenvalue weighted by atomic mass is 32.2. The molecule has 0 bridgehead atoms. The van der Waals surface area contributed by atoms with Gasteiger partial charge in [0.05, 0.1) is 5.75 Å². The minimum Gasteiger partial charge on any atom is -0.353 e. The Balaban J connectivity index is 1.51. The predicted molar refractivity (Wildman–Crippen MR) is 114 cm³/mol. The molecule has 5 nitrogen and oxygen atoms in total. The zero-order valence-corrected chi connectivity index (χ0v) is 17.2. The van der Waals surface area contributed by atoms with Crippen molar-refractivity contribution in [2.75, 3.05) is 5.75 Å². The Hall–Kier alpha value is -2.60. The molecule has 0 aliphatic carbocycles. The highest BCUT2D eigenvalue weighted by molar-refractivity contribution is 7.99. The van der Waals surface area contributed by atoms with Crippen LogP contribution in [0.3, 0.4) is 0 Å². The van der Waals surface area contributed by atoms with E-state index in [9.17, 15) is 4.79 Å². The van der Waals surface area contributed by atoms with Crippen molar-refractivity contribution in [2.45, 2.75) is 44.4 Å². The number of nitrogens with one attached hydrogen (secondary N) is 1. The first-order valence-electron chi connectivity index (χ1n) is 9.62. The third-order valence-corrected chi connectivity index (χ3v) is 5.48. The Morgan fingerprint density at radius 1 is 1.07 bits per heavy atom. The fourth-order valence-electron chi connectivity index (χ4n) is 3.03. The molecule has 0 aliphatic heterocycles. The number of aromatic nitrogens is 3. The first-order valence-corrected chi connectivity index (χ1v) is 10.6. The molecular weight excluding hydrogens is 368 g/mol. The van der Waals surface area contributed by atoms with Crippen molar-refractivity contribution in [1.29, 1.82) is 0 Å². The van der Waals surface area contributed by atoms with Crippen LogP contribution in [0.4, 0.5) is 0 Å². The fourth-order valence-corrected chi connectivity index (χ4v) is 3.84. The zero-order valence-electron chi connectivity index (χ0n) is 16.3. The molecule has 28 heavy (non-hydrogen) atoms. The third-order valence-electron chi connectivity index (χ3n) is 4.51. The lowest BCUT2D eigenvalue weighted by atomic mass is 10.1. The Morgan fingerprint density at radius 2 is 1.75 bits per heavy atom. The summed E-state index contributed by atoms with van der Waals surface area (Å²) >= 11 is 1.43. The molecular formula is C22H26N4OS. The maximum absolute atomic E-state index is 12.3. The van der Waals surface area contributed by atoms with Crippen molar-refractivity contribution < 1.29 is 4.79 Å². The van der Waals surface area contributed by atoms with Crippen LogP contribution in [0, 0.1) is 0 Å². The Labute approximate surface area is 170 Å². The number of carbonyl (C=O) groups is 1. The molecule has 1 unspecified atom stereocenters. The average Bonchev–Trinajstić information content (AvgIpc) is 3.15. The second kappa shape index (κ2) is 10.1. The summed E-state index contributed by atoms with van der Waals surface area (Å²) in [5.41, 5.74) is 2.32. The van der Waals surface area contributed by atoms with E-state index in [2.05, 4.69) is 34.6 Å². The molecule has 0 aliphatic rings. The van der Waals surface area contributed by atoms with Gasteiger partial charge in [0.2, 0.25) is 5.91 Å². The van der Waals surface area contributed by atoms with E-state index in [-0.39, 0.29) is 11.9 Å². The van der Waals surface area contributed by atoms with Gasteiger partial charge in [-0.1, -0.05) is 72.4 Å². The van der Waals surface area contributed by atoms with E-state index >= 15 is 0 Å². The summed E-state index contributed by atoms with van der Waals surface area (Å²) in [6, 6.07) is 20.5. The first kappa shape index (κ1) is 20.1. The third kappa shape index (κ3) is 5.45. The van der Waals surface area contributed by atoms with Crippen LogP contribution in [0.1, 0.15) is 25.8 Å². The monoisotopic (exact) mass is 394 g/mol. The number of amides is 1. The summed E-state index contributed by atoms with van der Waals surface area (Å²) < 4.78 is 2.05.